The van der Waals surface area contributed by atoms with Crippen molar-refractivity contribution < 1.29 is 5.11 Å². The third kappa shape index (κ3) is 1.17. The number of fused-ring (bicyclic) bond motifs is 1. The standard InChI is InChI=1S/C10H19NO/c1-2-10(12)5-3-4-8-6-11-7-9(8)10/h8-9,11-12H,2-7H2,1H3/t8-,9+,10-/m1/s1. The van der Waals surface area contributed by atoms with Crippen LogP contribution in [0, 0.1) is 11.8 Å². The molecule has 0 spiro atoms. The van der Waals surface area contributed by atoms with Crippen LogP contribution in [-0.2, 0) is 0 Å². The maximum absolute atomic E-state index is 10.3. The SMILES string of the molecule is CC[C@@]1(O)CCC[C@@H]2CNC[C@@H]21. The fourth-order valence-corrected chi connectivity index (χ4v) is 2.96. The van der Waals surface area contributed by atoms with Crippen LogP contribution >= 0.6 is 0 Å². The van der Waals surface area contributed by atoms with E-state index in [0.29, 0.717) is 5.92 Å². The van der Waals surface area contributed by atoms with Crippen molar-refractivity contribution in [3.63, 3.8) is 0 Å². The van der Waals surface area contributed by atoms with E-state index < -0.39 is 0 Å². The highest BCUT2D eigenvalue weighted by molar-refractivity contribution is 4.98. The fraction of sp³-hybridized carbons (Fsp3) is 1.00. The van der Waals surface area contributed by atoms with E-state index in [1.807, 2.05) is 0 Å². The van der Waals surface area contributed by atoms with Crippen LogP contribution in [0.4, 0.5) is 0 Å². The molecule has 1 aliphatic heterocycles. The van der Waals surface area contributed by atoms with Crippen molar-refractivity contribution in [1.29, 1.82) is 0 Å². The van der Waals surface area contributed by atoms with Gasteiger partial charge >= 0.3 is 0 Å². The lowest BCUT2D eigenvalue weighted by Crippen LogP contribution is -2.44. The Hall–Kier alpha value is -0.0800. The number of hydrogen-bond acceptors (Lipinski definition) is 2. The molecule has 1 saturated carbocycles. The van der Waals surface area contributed by atoms with Gasteiger partial charge in [-0.05, 0) is 31.7 Å². The average Bonchev–Trinajstić information content (AvgIpc) is 2.54. The summed E-state index contributed by atoms with van der Waals surface area (Å²) in [5.74, 6) is 1.29. The molecule has 2 N–H and O–H groups in total. The zero-order valence-corrected chi connectivity index (χ0v) is 7.84. The zero-order chi connectivity index (χ0) is 8.60. The van der Waals surface area contributed by atoms with Crippen LogP contribution in [0.5, 0.6) is 0 Å². The lowest BCUT2D eigenvalue weighted by molar-refractivity contribution is -0.0599. The Morgan fingerprint density at radius 2 is 2.33 bits per heavy atom. The summed E-state index contributed by atoms with van der Waals surface area (Å²) in [6.45, 7) is 4.28. The first kappa shape index (κ1) is 8.52. The Bertz CT molecular complexity index is 171. The third-order valence-corrected chi connectivity index (χ3v) is 3.83. The molecule has 2 heteroatoms. The van der Waals surface area contributed by atoms with Gasteiger partial charge in [0.25, 0.3) is 0 Å². The van der Waals surface area contributed by atoms with Crippen LogP contribution in [0.3, 0.4) is 0 Å². The minimum atomic E-state index is -0.341. The van der Waals surface area contributed by atoms with Crippen molar-refractivity contribution in [1.82, 2.24) is 5.32 Å². The Balaban J connectivity index is 2.13. The lowest BCUT2D eigenvalue weighted by Gasteiger charge is -2.40. The van der Waals surface area contributed by atoms with Crippen molar-refractivity contribution in [2.45, 2.75) is 38.2 Å². The Morgan fingerprint density at radius 3 is 3.08 bits per heavy atom. The molecular formula is C10H19NO. The van der Waals surface area contributed by atoms with Crippen LogP contribution in [0.15, 0.2) is 0 Å². The first-order valence-electron chi connectivity index (χ1n) is 5.19. The Labute approximate surface area is 74.4 Å². The molecule has 0 unspecified atom stereocenters. The van der Waals surface area contributed by atoms with E-state index in [4.69, 9.17) is 0 Å². The Morgan fingerprint density at radius 1 is 1.50 bits per heavy atom. The van der Waals surface area contributed by atoms with Gasteiger partial charge in [-0.15, -0.1) is 0 Å². The molecule has 0 amide bonds. The predicted molar refractivity (Wildman–Crippen MR) is 48.9 cm³/mol. The summed E-state index contributed by atoms with van der Waals surface area (Å²) in [4.78, 5) is 0. The van der Waals surface area contributed by atoms with Crippen LogP contribution in [0.1, 0.15) is 32.6 Å². The molecule has 70 valence electrons. The normalized spacial score (nSPS) is 47.5. The van der Waals surface area contributed by atoms with Gasteiger partial charge in [-0.3, -0.25) is 0 Å². The van der Waals surface area contributed by atoms with Gasteiger partial charge in [-0.25, -0.2) is 0 Å². The van der Waals surface area contributed by atoms with E-state index in [1.165, 1.54) is 12.8 Å². The van der Waals surface area contributed by atoms with E-state index in [0.717, 1.165) is 31.8 Å². The van der Waals surface area contributed by atoms with Gasteiger partial charge in [0.2, 0.25) is 0 Å². The molecule has 2 fully saturated rings. The lowest BCUT2D eigenvalue weighted by atomic mass is 9.69. The molecule has 12 heavy (non-hydrogen) atoms. The van der Waals surface area contributed by atoms with Crippen molar-refractivity contribution in [2.75, 3.05) is 13.1 Å². The topological polar surface area (TPSA) is 32.3 Å². The summed E-state index contributed by atoms with van der Waals surface area (Å²) in [6, 6.07) is 0. The van der Waals surface area contributed by atoms with Crippen LogP contribution in [0.2, 0.25) is 0 Å². The second-order valence-corrected chi connectivity index (χ2v) is 4.37. The summed E-state index contributed by atoms with van der Waals surface area (Å²) >= 11 is 0. The van der Waals surface area contributed by atoms with Gasteiger partial charge in [-0.1, -0.05) is 13.3 Å². The van der Waals surface area contributed by atoms with Gasteiger partial charge in [0.05, 0.1) is 5.60 Å². The molecule has 2 rings (SSSR count). The molecular weight excluding hydrogens is 150 g/mol. The number of aliphatic hydroxyl groups is 1. The van der Waals surface area contributed by atoms with Crippen LogP contribution < -0.4 is 5.32 Å². The maximum atomic E-state index is 10.3. The molecule has 2 nitrogen and oxygen atoms in total. The average molecular weight is 169 g/mol. The quantitative estimate of drug-likeness (QED) is 0.617. The van der Waals surface area contributed by atoms with Crippen LogP contribution in [-0.4, -0.2) is 23.8 Å². The first-order valence-corrected chi connectivity index (χ1v) is 5.19. The van der Waals surface area contributed by atoms with Gasteiger partial charge in [0.1, 0.15) is 0 Å². The second-order valence-electron chi connectivity index (χ2n) is 4.37. The van der Waals surface area contributed by atoms with Crippen LogP contribution in [0.25, 0.3) is 0 Å². The highest BCUT2D eigenvalue weighted by atomic mass is 16.3. The smallest absolute Gasteiger partial charge is 0.0688 e. The third-order valence-electron chi connectivity index (χ3n) is 3.83. The summed E-state index contributed by atoms with van der Waals surface area (Å²) in [5.41, 5.74) is -0.341. The molecule has 1 aliphatic carbocycles. The van der Waals surface area contributed by atoms with Crippen molar-refractivity contribution >= 4 is 0 Å². The fourth-order valence-electron chi connectivity index (χ4n) is 2.96. The molecule has 3 atom stereocenters. The minimum Gasteiger partial charge on any atom is -0.390 e. The molecule has 1 heterocycles. The molecule has 0 aromatic carbocycles. The summed E-state index contributed by atoms with van der Waals surface area (Å²) in [5, 5.41) is 13.7. The number of nitrogens with one attached hydrogen (secondary N) is 1. The van der Waals surface area contributed by atoms with E-state index in [-0.39, 0.29) is 5.60 Å². The number of rotatable bonds is 1. The van der Waals surface area contributed by atoms with E-state index in [2.05, 4.69) is 12.2 Å². The van der Waals surface area contributed by atoms with Gasteiger partial charge in [0, 0.05) is 12.5 Å². The van der Waals surface area contributed by atoms with Gasteiger partial charge in [0.15, 0.2) is 0 Å². The van der Waals surface area contributed by atoms with Gasteiger partial charge in [-0.2, -0.15) is 0 Å². The number of hydrogen-bond donors (Lipinski definition) is 2. The minimum absolute atomic E-state index is 0.341. The summed E-state index contributed by atoms with van der Waals surface area (Å²) in [7, 11) is 0. The van der Waals surface area contributed by atoms with E-state index in [9.17, 15) is 5.11 Å². The highest BCUT2D eigenvalue weighted by Crippen LogP contribution is 2.41. The van der Waals surface area contributed by atoms with Crippen molar-refractivity contribution in [3.8, 4) is 0 Å². The van der Waals surface area contributed by atoms with Crippen molar-refractivity contribution in [2.24, 2.45) is 11.8 Å². The van der Waals surface area contributed by atoms with E-state index in [1.54, 1.807) is 0 Å². The largest absolute Gasteiger partial charge is 0.390 e. The van der Waals surface area contributed by atoms with E-state index >= 15 is 0 Å². The van der Waals surface area contributed by atoms with Crippen molar-refractivity contribution in [3.05, 3.63) is 0 Å². The molecule has 2 aliphatic rings. The molecule has 1 saturated heterocycles. The second kappa shape index (κ2) is 3.00. The van der Waals surface area contributed by atoms with Gasteiger partial charge < -0.3 is 10.4 Å². The molecule has 0 aromatic rings. The molecule has 0 bridgehead atoms. The first-order chi connectivity index (χ1) is 5.76. The summed E-state index contributed by atoms with van der Waals surface area (Å²) in [6.07, 6.45) is 4.48. The highest BCUT2D eigenvalue weighted by Gasteiger charge is 2.44. The summed E-state index contributed by atoms with van der Waals surface area (Å²) < 4.78 is 0. The predicted octanol–water partition coefficient (Wildman–Crippen LogP) is 1.15. The molecule has 0 radical (unpaired) electrons. The molecule has 0 aromatic heterocycles. The zero-order valence-electron chi connectivity index (χ0n) is 7.84. The Kier molecular flexibility index (Phi) is 2.13. The monoisotopic (exact) mass is 169 g/mol. The maximum Gasteiger partial charge on any atom is 0.0688 e.